The van der Waals surface area contributed by atoms with Gasteiger partial charge in [-0.3, -0.25) is 19.8 Å². The molecule has 3 aliphatic heterocycles. The Morgan fingerprint density at radius 2 is 1.61 bits per heavy atom. The number of sulfonamides is 1. The summed E-state index contributed by atoms with van der Waals surface area (Å²) < 4.78 is 38.0. The fraction of sp³-hybridized carbons (Fsp3) is 0.458. The fourth-order valence-corrected chi connectivity index (χ4v) is 6.38. The number of non-ortho nitro benzene ring substituents is 1. The van der Waals surface area contributed by atoms with Crippen molar-refractivity contribution in [2.45, 2.75) is 24.3 Å². The zero-order valence-corrected chi connectivity index (χ0v) is 20.6. The third kappa shape index (κ3) is 5.01. The van der Waals surface area contributed by atoms with E-state index >= 15 is 0 Å². The lowest BCUT2D eigenvalue weighted by Gasteiger charge is -2.38. The molecule has 2 saturated heterocycles. The molecule has 2 fully saturated rings. The summed E-state index contributed by atoms with van der Waals surface area (Å²) >= 11 is 0. The lowest BCUT2D eigenvalue weighted by molar-refractivity contribution is -0.384. The SMILES string of the molecule is O=C(C1CCN(S(=O)(=O)c2ccc([N+](=O)[O-])cc2)CC1)N1CCN(Cc2ccc3c(c2)OCO3)CC1. The number of fused-ring (bicyclic) bond motifs is 1. The smallest absolute Gasteiger partial charge is 0.269 e. The molecule has 0 saturated carbocycles. The third-order valence-corrected chi connectivity index (χ3v) is 8.93. The van der Waals surface area contributed by atoms with Gasteiger partial charge in [-0.1, -0.05) is 6.07 Å². The van der Waals surface area contributed by atoms with Crippen molar-refractivity contribution < 1.29 is 27.6 Å². The molecular formula is C24H28N4O7S. The number of rotatable bonds is 6. The van der Waals surface area contributed by atoms with Crippen LogP contribution in [0.1, 0.15) is 18.4 Å². The summed E-state index contributed by atoms with van der Waals surface area (Å²) in [4.78, 5) is 27.6. The van der Waals surface area contributed by atoms with Crippen LogP contribution >= 0.6 is 0 Å². The average Bonchev–Trinajstić information content (AvgIpc) is 3.37. The Morgan fingerprint density at radius 3 is 2.28 bits per heavy atom. The molecular weight excluding hydrogens is 488 g/mol. The Morgan fingerprint density at radius 1 is 0.944 bits per heavy atom. The topological polar surface area (TPSA) is 123 Å². The molecule has 3 heterocycles. The van der Waals surface area contributed by atoms with Crippen molar-refractivity contribution in [3.8, 4) is 11.5 Å². The summed E-state index contributed by atoms with van der Waals surface area (Å²) in [6.07, 6.45) is 0.922. The second-order valence-electron chi connectivity index (χ2n) is 9.22. The highest BCUT2D eigenvalue weighted by Crippen LogP contribution is 2.33. The first-order chi connectivity index (χ1) is 17.3. The Hall–Kier alpha value is -3.22. The number of nitro benzene ring substituents is 1. The summed E-state index contributed by atoms with van der Waals surface area (Å²) in [6.45, 7) is 4.36. The first-order valence-corrected chi connectivity index (χ1v) is 13.4. The maximum absolute atomic E-state index is 13.1. The predicted molar refractivity (Wildman–Crippen MR) is 129 cm³/mol. The number of benzene rings is 2. The van der Waals surface area contributed by atoms with Crippen LogP contribution < -0.4 is 9.47 Å². The van der Waals surface area contributed by atoms with E-state index in [0.29, 0.717) is 25.9 Å². The van der Waals surface area contributed by atoms with Crippen molar-refractivity contribution >= 4 is 21.6 Å². The summed E-state index contributed by atoms with van der Waals surface area (Å²) in [7, 11) is -3.76. The number of nitro groups is 1. The number of carbonyl (C=O) groups is 1. The molecule has 0 N–H and O–H groups in total. The Bertz CT molecular complexity index is 1240. The highest BCUT2D eigenvalue weighted by Gasteiger charge is 2.35. The lowest BCUT2D eigenvalue weighted by atomic mass is 9.96. The van der Waals surface area contributed by atoms with Crippen molar-refractivity contribution in [2.24, 2.45) is 5.92 Å². The monoisotopic (exact) mass is 516 g/mol. The first kappa shape index (κ1) is 24.5. The Kier molecular flexibility index (Phi) is 6.82. The van der Waals surface area contributed by atoms with E-state index in [1.807, 2.05) is 23.1 Å². The molecule has 5 rings (SSSR count). The lowest BCUT2D eigenvalue weighted by Crippen LogP contribution is -2.51. The van der Waals surface area contributed by atoms with E-state index in [0.717, 1.165) is 36.7 Å². The van der Waals surface area contributed by atoms with Gasteiger partial charge in [0.2, 0.25) is 22.7 Å². The molecule has 0 atom stereocenters. The molecule has 1 amide bonds. The second kappa shape index (κ2) is 10.0. The minimum absolute atomic E-state index is 0.0245. The van der Waals surface area contributed by atoms with E-state index in [-0.39, 0.29) is 42.3 Å². The summed E-state index contributed by atoms with van der Waals surface area (Å²) in [6, 6.07) is 10.8. The molecule has 2 aromatic rings. The third-order valence-electron chi connectivity index (χ3n) is 7.02. The highest BCUT2D eigenvalue weighted by molar-refractivity contribution is 7.89. The number of carbonyl (C=O) groups excluding carboxylic acids is 1. The number of hydrogen-bond donors (Lipinski definition) is 0. The van der Waals surface area contributed by atoms with Crippen molar-refractivity contribution in [3.63, 3.8) is 0 Å². The number of piperazine rings is 1. The van der Waals surface area contributed by atoms with E-state index in [1.165, 1.54) is 28.6 Å². The van der Waals surface area contributed by atoms with Gasteiger partial charge in [0, 0.05) is 63.9 Å². The van der Waals surface area contributed by atoms with Crippen molar-refractivity contribution in [3.05, 3.63) is 58.1 Å². The second-order valence-corrected chi connectivity index (χ2v) is 11.2. The summed E-state index contributed by atoms with van der Waals surface area (Å²) in [5, 5.41) is 10.8. The van der Waals surface area contributed by atoms with Gasteiger partial charge >= 0.3 is 0 Å². The van der Waals surface area contributed by atoms with E-state index < -0.39 is 14.9 Å². The van der Waals surface area contributed by atoms with Crippen LogP contribution in [0.15, 0.2) is 47.4 Å². The van der Waals surface area contributed by atoms with Crippen LogP contribution in [0.25, 0.3) is 0 Å². The Labute approximate surface area is 209 Å². The molecule has 36 heavy (non-hydrogen) atoms. The highest BCUT2D eigenvalue weighted by atomic mass is 32.2. The van der Waals surface area contributed by atoms with Gasteiger partial charge in [0.25, 0.3) is 5.69 Å². The van der Waals surface area contributed by atoms with Crippen LogP contribution in [0.5, 0.6) is 11.5 Å². The van der Waals surface area contributed by atoms with Gasteiger partial charge in [0.1, 0.15) is 0 Å². The van der Waals surface area contributed by atoms with Crippen LogP contribution in [0.2, 0.25) is 0 Å². The minimum Gasteiger partial charge on any atom is -0.454 e. The maximum atomic E-state index is 13.1. The van der Waals surface area contributed by atoms with Crippen molar-refractivity contribution in [1.82, 2.24) is 14.1 Å². The van der Waals surface area contributed by atoms with Gasteiger partial charge in [-0.25, -0.2) is 8.42 Å². The molecule has 0 unspecified atom stereocenters. The molecule has 0 bridgehead atoms. The standard InChI is InChI=1S/C24H28N4O7S/c29-24(26-13-11-25(12-14-26)16-18-1-6-22-23(15-18)35-17-34-22)19-7-9-27(10-8-19)36(32,33)21-4-2-20(3-5-21)28(30)31/h1-6,15,19H,7-14,16-17H2. The van der Waals surface area contributed by atoms with Gasteiger partial charge < -0.3 is 14.4 Å². The number of hydrogen-bond acceptors (Lipinski definition) is 8. The first-order valence-electron chi connectivity index (χ1n) is 12.0. The molecule has 0 aromatic heterocycles. The van der Waals surface area contributed by atoms with Crippen LogP contribution in [-0.2, 0) is 21.4 Å². The van der Waals surface area contributed by atoms with Crippen molar-refractivity contribution in [2.75, 3.05) is 46.1 Å². The largest absolute Gasteiger partial charge is 0.454 e. The van der Waals surface area contributed by atoms with E-state index in [2.05, 4.69) is 4.90 Å². The zero-order chi connectivity index (χ0) is 25.3. The molecule has 12 heteroatoms. The quantitative estimate of drug-likeness (QED) is 0.422. The van der Waals surface area contributed by atoms with Gasteiger partial charge in [-0.15, -0.1) is 0 Å². The van der Waals surface area contributed by atoms with Crippen LogP contribution in [0, 0.1) is 16.0 Å². The summed E-state index contributed by atoms with van der Waals surface area (Å²) in [5.74, 6) is 1.42. The fourth-order valence-electron chi connectivity index (χ4n) is 4.91. The minimum atomic E-state index is -3.76. The molecule has 2 aromatic carbocycles. The molecule has 3 aliphatic rings. The van der Waals surface area contributed by atoms with Gasteiger partial charge in [-0.2, -0.15) is 4.31 Å². The molecule has 192 valence electrons. The normalized spacial score (nSPS) is 19.4. The Balaban J connectivity index is 1.11. The van der Waals surface area contributed by atoms with Crippen LogP contribution in [0.4, 0.5) is 5.69 Å². The van der Waals surface area contributed by atoms with Crippen molar-refractivity contribution in [1.29, 1.82) is 0 Å². The summed E-state index contributed by atoms with van der Waals surface area (Å²) in [5.41, 5.74) is 0.981. The van der Waals surface area contributed by atoms with Gasteiger partial charge in [0.05, 0.1) is 9.82 Å². The molecule has 0 spiro atoms. The molecule has 0 radical (unpaired) electrons. The van der Waals surface area contributed by atoms with E-state index in [1.54, 1.807) is 0 Å². The van der Waals surface area contributed by atoms with Crippen LogP contribution in [-0.4, -0.2) is 79.4 Å². The number of amides is 1. The number of nitrogens with zero attached hydrogens (tertiary/aromatic N) is 4. The predicted octanol–water partition coefficient (Wildman–Crippen LogP) is 2.07. The van der Waals surface area contributed by atoms with Crippen LogP contribution in [0.3, 0.4) is 0 Å². The maximum Gasteiger partial charge on any atom is 0.269 e. The number of piperidine rings is 1. The van der Waals surface area contributed by atoms with E-state index in [4.69, 9.17) is 9.47 Å². The van der Waals surface area contributed by atoms with Gasteiger partial charge in [-0.05, 0) is 42.7 Å². The molecule has 11 nitrogen and oxygen atoms in total. The van der Waals surface area contributed by atoms with E-state index in [9.17, 15) is 23.3 Å². The molecule has 0 aliphatic carbocycles. The number of ether oxygens (including phenoxy) is 2. The average molecular weight is 517 g/mol. The zero-order valence-electron chi connectivity index (χ0n) is 19.7. The van der Waals surface area contributed by atoms with Gasteiger partial charge in [0.15, 0.2) is 11.5 Å².